The number of ether oxygens (including phenoxy) is 1. The van der Waals surface area contributed by atoms with Crippen LogP contribution >= 0.6 is 0 Å². The summed E-state index contributed by atoms with van der Waals surface area (Å²) in [5, 5.41) is 3.63. The van der Waals surface area contributed by atoms with Crippen molar-refractivity contribution in [2.75, 3.05) is 7.11 Å². The van der Waals surface area contributed by atoms with Crippen LogP contribution in [0.3, 0.4) is 0 Å². The molecule has 0 heterocycles. The maximum Gasteiger partial charge on any atom is 0.0637 e. The molecule has 2 atom stereocenters. The van der Waals surface area contributed by atoms with Crippen LogP contribution in [0.5, 0.6) is 0 Å². The van der Waals surface area contributed by atoms with Gasteiger partial charge >= 0.3 is 0 Å². The van der Waals surface area contributed by atoms with Crippen molar-refractivity contribution >= 4 is 0 Å². The SMILES string of the molecule is COC(C)(C)CC(C)NC(C)c1ccc(C)cc1. The van der Waals surface area contributed by atoms with Gasteiger partial charge in [-0.05, 0) is 46.6 Å². The van der Waals surface area contributed by atoms with Crippen molar-refractivity contribution in [3.63, 3.8) is 0 Å². The second-order valence-corrected chi connectivity index (χ2v) is 5.87. The van der Waals surface area contributed by atoms with Crippen LogP contribution in [-0.4, -0.2) is 18.8 Å². The first-order valence-electron chi connectivity index (χ1n) is 6.72. The van der Waals surface area contributed by atoms with Crippen LogP contribution in [0.25, 0.3) is 0 Å². The van der Waals surface area contributed by atoms with E-state index in [1.165, 1.54) is 11.1 Å². The number of rotatable bonds is 6. The Hall–Kier alpha value is -0.860. The molecule has 0 aliphatic rings. The van der Waals surface area contributed by atoms with Gasteiger partial charge in [-0.15, -0.1) is 0 Å². The Balaban J connectivity index is 2.54. The number of aryl methyl sites for hydroxylation is 1. The molecule has 18 heavy (non-hydrogen) atoms. The van der Waals surface area contributed by atoms with Crippen molar-refractivity contribution in [1.29, 1.82) is 0 Å². The molecule has 0 spiro atoms. The Bertz CT molecular complexity index is 356. The first-order valence-corrected chi connectivity index (χ1v) is 6.72. The maximum absolute atomic E-state index is 5.47. The molecular weight excluding hydrogens is 222 g/mol. The summed E-state index contributed by atoms with van der Waals surface area (Å²) in [4.78, 5) is 0. The summed E-state index contributed by atoms with van der Waals surface area (Å²) in [5.41, 5.74) is 2.57. The minimum Gasteiger partial charge on any atom is -0.379 e. The third-order valence-corrected chi connectivity index (χ3v) is 3.46. The topological polar surface area (TPSA) is 21.3 Å². The average Bonchev–Trinajstić information content (AvgIpc) is 2.29. The molecule has 0 aliphatic heterocycles. The van der Waals surface area contributed by atoms with E-state index in [1.54, 1.807) is 7.11 Å². The highest BCUT2D eigenvalue weighted by atomic mass is 16.5. The van der Waals surface area contributed by atoms with Crippen LogP contribution in [0, 0.1) is 6.92 Å². The van der Waals surface area contributed by atoms with E-state index in [-0.39, 0.29) is 5.60 Å². The summed E-state index contributed by atoms with van der Waals surface area (Å²) in [5.74, 6) is 0. The predicted octanol–water partition coefficient (Wildman–Crippen LogP) is 3.85. The van der Waals surface area contributed by atoms with Gasteiger partial charge in [-0.1, -0.05) is 29.8 Å². The van der Waals surface area contributed by atoms with Gasteiger partial charge in [0, 0.05) is 19.2 Å². The quantitative estimate of drug-likeness (QED) is 0.827. The predicted molar refractivity (Wildman–Crippen MR) is 77.9 cm³/mol. The lowest BCUT2D eigenvalue weighted by atomic mass is 9.98. The number of hydrogen-bond donors (Lipinski definition) is 1. The second-order valence-electron chi connectivity index (χ2n) is 5.87. The highest BCUT2D eigenvalue weighted by molar-refractivity contribution is 5.23. The van der Waals surface area contributed by atoms with Crippen molar-refractivity contribution in [3.8, 4) is 0 Å². The van der Waals surface area contributed by atoms with E-state index in [9.17, 15) is 0 Å². The van der Waals surface area contributed by atoms with Crippen molar-refractivity contribution in [2.45, 2.75) is 58.7 Å². The first-order chi connectivity index (χ1) is 8.34. The molecular formula is C16H27NO. The summed E-state index contributed by atoms with van der Waals surface area (Å²) in [6, 6.07) is 9.51. The van der Waals surface area contributed by atoms with E-state index in [2.05, 4.69) is 64.2 Å². The largest absolute Gasteiger partial charge is 0.379 e. The van der Waals surface area contributed by atoms with Crippen LogP contribution in [0.4, 0.5) is 0 Å². The van der Waals surface area contributed by atoms with Crippen molar-refractivity contribution in [1.82, 2.24) is 5.32 Å². The van der Waals surface area contributed by atoms with E-state index in [0.29, 0.717) is 12.1 Å². The van der Waals surface area contributed by atoms with E-state index in [4.69, 9.17) is 4.74 Å². The lowest BCUT2D eigenvalue weighted by Gasteiger charge is -2.29. The molecule has 0 radical (unpaired) electrons. The minimum atomic E-state index is -0.0700. The maximum atomic E-state index is 5.47. The lowest BCUT2D eigenvalue weighted by Crippen LogP contribution is -2.36. The van der Waals surface area contributed by atoms with Crippen LogP contribution < -0.4 is 5.32 Å². The molecule has 0 amide bonds. The molecule has 0 aliphatic carbocycles. The number of methoxy groups -OCH3 is 1. The van der Waals surface area contributed by atoms with Gasteiger partial charge in [0.15, 0.2) is 0 Å². The molecule has 0 saturated heterocycles. The second kappa shape index (κ2) is 6.35. The average molecular weight is 249 g/mol. The Morgan fingerprint density at radius 1 is 1.17 bits per heavy atom. The molecule has 1 N–H and O–H groups in total. The summed E-state index contributed by atoms with van der Waals surface area (Å²) in [7, 11) is 1.77. The molecule has 0 fully saturated rings. The van der Waals surface area contributed by atoms with Crippen LogP contribution in [0.2, 0.25) is 0 Å². The van der Waals surface area contributed by atoms with Gasteiger partial charge in [0.05, 0.1) is 5.60 Å². The van der Waals surface area contributed by atoms with Gasteiger partial charge in [-0.3, -0.25) is 0 Å². The fraction of sp³-hybridized carbons (Fsp3) is 0.625. The Morgan fingerprint density at radius 3 is 2.22 bits per heavy atom. The van der Waals surface area contributed by atoms with Gasteiger partial charge in [0.2, 0.25) is 0 Å². The zero-order chi connectivity index (χ0) is 13.8. The number of benzene rings is 1. The standard InChI is InChI=1S/C16H27NO/c1-12-7-9-15(10-8-12)14(3)17-13(2)11-16(4,5)18-6/h7-10,13-14,17H,11H2,1-6H3. The molecule has 2 nitrogen and oxygen atoms in total. The van der Waals surface area contributed by atoms with Gasteiger partial charge in [0.1, 0.15) is 0 Å². The van der Waals surface area contributed by atoms with Crippen molar-refractivity contribution in [3.05, 3.63) is 35.4 Å². The molecule has 2 unspecified atom stereocenters. The van der Waals surface area contributed by atoms with Crippen LogP contribution in [-0.2, 0) is 4.74 Å². The first kappa shape index (κ1) is 15.2. The molecule has 102 valence electrons. The molecule has 0 saturated carbocycles. The zero-order valence-corrected chi connectivity index (χ0v) is 12.6. The number of hydrogen-bond acceptors (Lipinski definition) is 2. The normalized spacial score (nSPS) is 15.4. The third-order valence-electron chi connectivity index (χ3n) is 3.46. The summed E-state index contributed by atoms with van der Waals surface area (Å²) < 4.78 is 5.47. The molecule has 1 rings (SSSR count). The summed E-state index contributed by atoms with van der Waals surface area (Å²) in [6.07, 6.45) is 1.000. The highest BCUT2D eigenvalue weighted by Gasteiger charge is 2.21. The Kier molecular flexibility index (Phi) is 5.36. The van der Waals surface area contributed by atoms with Gasteiger partial charge in [0.25, 0.3) is 0 Å². The molecule has 1 aromatic rings. The lowest BCUT2D eigenvalue weighted by molar-refractivity contribution is 0.00782. The van der Waals surface area contributed by atoms with Crippen molar-refractivity contribution < 1.29 is 4.74 Å². The van der Waals surface area contributed by atoms with Crippen LogP contribution in [0.15, 0.2) is 24.3 Å². The molecule has 1 aromatic carbocycles. The third kappa shape index (κ3) is 4.79. The van der Waals surface area contributed by atoms with E-state index < -0.39 is 0 Å². The summed E-state index contributed by atoms with van der Waals surface area (Å²) in [6.45, 7) is 10.8. The van der Waals surface area contributed by atoms with Gasteiger partial charge < -0.3 is 10.1 Å². The highest BCUT2D eigenvalue weighted by Crippen LogP contribution is 2.19. The van der Waals surface area contributed by atoms with Crippen LogP contribution in [0.1, 0.15) is 51.3 Å². The van der Waals surface area contributed by atoms with Gasteiger partial charge in [-0.25, -0.2) is 0 Å². The summed E-state index contributed by atoms with van der Waals surface area (Å²) >= 11 is 0. The zero-order valence-electron chi connectivity index (χ0n) is 12.6. The fourth-order valence-corrected chi connectivity index (χ4v) is 2.26. The van der Waals surface area contributed by atoms with E-state index in [1.807, 2.05) is 0 Å². The van der Waals surface area contributed by atoms with Crippen molar-refractivity contribution in [2.24, 2.45) is 0 Å². The Labute approximate surface area is 112 Å². The molecule has 0 bridgehead atoms. The van der Waals surface area contributed by atoms with E-state index in [0.717, 1.165) is 6.42 Å². The van der Waals surface area contributed by atoms with E-state index >= 15 is 0 Å². The number of nitrogens with one attached hydrogen (secondary N) is 1. The smallest absolute Gasteiger partial charge is 0.0637 e. The molecule has 2 heteroatoms. The van der Waals surface area contributed by atoms with Gasteiger partial charge in [-0.2, -0.15) is 0 Å². The molecule has 0 aromatic heterocycles. The monoisotopic (exact) mass is 249 g/mol. The minimum absolute atomic E-state index is 0.0700. The fourth-order valence-electron chi connectivity index (χ4n) is 2.26. The Morgan fingerprint density at radius 2 is 1.72 bits per heavy atom.